The minimum atomic E-state index is -0.260. The summed E-state index contributed by atoms with van der Waals surface area (Å²) in [5.41, 5.74) is 4.62. The fraction of sp³-hybridized carbons (Fsp3) is 0.389. The molecule has 0 bridgehead atoms. The minimum Gasteiger partial charge on any atom is -0.462 e. The van der Waals surface area contributed by atoms with Crippen molar-refractivity contribution in [3.8, 4) is 5.00 Å². The molecule has 0 atom stereocenters. The monoisotopic (exact) mass is 341 g/mol. The van der Waals surface area contributed by atoms with Gasteiger partial charge in [0.15, 0.2) is 5.00 Å². The number of benzene rings is 1. The number of thiophene rings is 1. The van der Waals surface area contributed by atoms with E-state index in [2.05, 4.69) is 10.2 Å². The first kappa shape index (κ1) is 15.3. The van der Waals surface area contributed by atoms with Crippen molar-refractivity contribution in [2.45, 2.75) is 39.5 Å². The summed E-state index contributed by atoms with van der Waals surface area (Å²) in [6.07, 6.45) is 4.23. The van der Waals surface area contributed by atoms with Crippen LogP contribution in [0.5, 0.6) is 0 Å². The maximum atomic E-state index is 12.6. The minimum absolute atomic E-state index is 0.260. The number of carbonyl (C=O) groups excluding carboxylic acids is 1. The molecule has 0 saturated heterocycles. The van der Waals surface area contributed by atoms with Gasteiger partial charge in [-0.05, 0) is 62.8 Å². The molecule has 2 aromatic heterocycles. The molecule has 1 aromatic carbocycles. The number of ether oxygens (including phenoxy) is 1. The van der Waals surface area contributed by atoms with Crippen LogP contribution in [-0.2, 0) is 17.6 Å². The lowest BCUT2D eigenvalue weighted by atomic mass is 9.95. The zero-order valence-electron chi connectivity index (χ0n) is 13.8. The van der Waals surface area contributed by atoms with Crippen LogP contribution in [0.2, 0.25) is 0 Å². The number of hydrogen-bond acceptors (Lipinski definition) is 5. The lowest BCUT2D eigenvalue weighted by molar-refractivity contribution is 0.0525. The van der Waals surface area contributed by atoms with Crippen molar-refractivity contribution in [3.63, 3.8) is 0 Å². The van der Waals surface area contributed by atoms with E-state index < -0.39 is 0 Å². The van der Waals surface area contributed by atoms with Crippen LogP contribution in [0.15, 0.2) is 18.2 Å². The number of nitrogens with zero attached hydrogens (tertiary/aromatic N) is 3. The second-order valence-corrected chi connectivity index (χ2v) is 7.18. The predicted molar refractivity (Wildman–Crippen MR) is 94.1 cm³/mol. The van der Waals surface area contributed by atoms with Gasteiger partial charge >= 0.3 is 5.97 Å². The summed E-state index contributed by atoms with van der Waals surface area (Å²) in [5.74, 6) is -0.260. The van der Waals surface area contributed by atoms with Gasteiger partial charge in [-0.1, -0.05) is 6.07 Å². The van der Waals surface area contributed by atoms with Gasteiger partial charge in [-0.25, -0.2) is 4.79 Å². The maximum Gasteiger partial charge on any atom is 0.341 e. The summed E-state index contributed by atoms with van der Waals surface area (Å²) in [5, 5.41) is 9.96. The molecule has 0 radical (unpaired) electrons. The van der Waals surface area contributed by atoms with Gasteiger partial charge in [0.25, 0.3) is 0 Å². The lowest BCUT2D eigenvalue weighted by Gasteiger charge is -2.12. The average Bonchev–Trinajstić information content (AvgIpc) is 3.15. The van der Waals surface area contributed by atoms with Crippen LogP contribution in [0, 0.1) is 6.92 Å². The van der Waals surface area contributed by atoms with Gasteiger partial charge < -0.3 is 4.74 Å². The highest BCUT2D eigenvalue weighted by Gasteiger charge is 2.28. The van der Waals surface area contributed by atoms with Crippen molar-refractivity contribution in [2.24, 2.45) is 0 Å². The molecular formula is C18H19N3O2S. The first-order valence-electron chi connectivity index (χ1n) is 8.33. The third-order valence-electron chi connectivity index (χ3n) is 4.35. The first-order chi connectivity index (χ1) is 11.7. The van der Waals surface area contributed by atoms with Crippen LogP contribution in [0.3, 0.4) is 0 Å². The predicted octanol–water partition coefficient (Wildman–Crippen LogP) is 3.85. The lowest BCUT2D eigenvalue weighted by Crippen LogP contribution is -2.12. The molecule has 1 aliphatic carbocycles. The maximum absolute atomic E-state index is 12.6. The van der Waals surface area contributed by atoms with Crippen LogP contribution in [0.1, 0.15) is 46.1 Å². The molecule has 1 aliphatic rings. The van der Waals surface area contributed by atoms with Crippen molar-refractivity contribution in [3.05, 3.63) is 39.8 Å². The molecule has 5 nitrogen and oxygen atoms in total. The molecule has 0 N–H and O–H groups in total. The summed E-state index contributed by atoms with van der Waals surface area (Å²) in [4.78, 5) is 15.4. The highest BCUT2D eigenvalue weighted by Crippen LogP contribution is 2.37. The van der Waals surface area contributed by atoms with Crippen molar-refractivity contribution in [2.75, 3.05) is 6.61 Å². The molecule has 24 heavy (non-hydrogen) atoms. The highest BCUT2D eigenvalue weighted by atomic mass is 32.1. The van der Waals surface area contributed by atoms with Crippen LogP contribution in [-0.4, -0.2) is 27.6 Å². The number of rotatable bonds is 3. The number of fused-ring (bicyclic) bond motifs is 2. The van der Waals surface area contributed by atoms with E-state index in [0.29, 0.717) is 12.2 Å². The Morgan fingerprint density at radius 3 is 2.88 bits per heavy atom. The summed E-state index contributed by atoms with van der Waals surface area (Å²) in [7, 11) is 0. The Kier molecular flexibility index (Phi) is 3.84. The van der Waals surface area contributed by atoms with Crippen LogP contribution < -0.4 is 0 Å². The SMILES string of the molecule is CCOC(=O)c1c(-n2nc3ccc(C)cc3n2)sc2c1CCCC2. The van der Waals surface area contributed by atoms with Crippen molar-refractivity contribution in [1.82, 2.24) is 15.0 Å². The molecule has 0 spiro atoms. The average molecular weight is 341 g/mol. The normalized spacial score (nSPS) is 13.9. The van der Waals surface area contributed by atoms with E-state index in [0.717, 1.165) is 46.4 Å². The van der Waals surface area contributed by atoms with Gasteiger partial charge in [-0.15, -0.1) is 26.3 Å². The number of aromatic nitrogens is 3. The van der Waals surface area contributed by atoms with Crippen molar-refractivity contribution < 1.29 is 9.53 Å². The van der Waals surface area contributed by atoms with E-state index in [1.54, 1.807) is 16.1 Å². The van der Waals surface area contributed by atoms with Crippen molar-refractivity contribution >= 4 is 28.3 Å². The molecule has 0 fully saturated rings. The molecular weight excluding hydrogens is 322 g/mol. The fourth-order valence-electron chi connectivity index (χ4n) is 3.22. The van der Waals surface area contributed by atoms with Gasteiger partial charge in [-0.3, -0.25) is 0 Å². The topological polar surface area (TPSA) is 57.0 Å². The zero-order chi connectivity index (χ0) is 16.7. The fourth-order valence-corrected chi connectivity index (χ4v) is 4.50. The summed E-state index contributed by atoms with van der Waals surface area (Å²) >= 11 is 1.63. The summed E-state index contributed by atoms with van der Waals surface area (Å²) < 4.78 is 5.31. The van der Waals surface area contributed by atoms with E-state index in [1.807, 2.05) is 32.0 Å². The Balaban J connectivity index is 1.89. The van der Waals surface area contributed by atoms with Gasteiger partial charge in [0.1, 0.15) is 16.6 Å². The zero-order valence-corrected chi connectivity index (χ0v) is 14.7. The number of esters is 1. The quantitative estimate of drug-likeness (QED) is 0.679. The Labute approximate surface area is 144 Å². The van der Waals surface area contributed by atoms with E-state index in [1.165, 1.54) is 11.3 Å². The van der Waals surface area contributed by atoms with Crippen LogP contribution in [0.4, 0.5) is 0 Å². The molecule has 6 heteroatoms. The molecule has 3 aromatic rings. The van der Waals surface area contributed by atoms with Crippen molar-refractivity contribution in [1.29, 1.82) is 0 Å². The third-order valence-corrected chi connectivity index (χ3v) is 5.61. The van der Waals surface area contributed by atoms with E-state index in [-0.39, 0.29) is 5.97 Å². The molecule has 0 unspecified atom stereocenters. The molecule has 124 valence electrons. The first-order valence-corrected chi connectivity index (χ1v) is 9.14. The number of carbonyl (C=O) groups is 1. The largest absolute Gasteiger partial charge is 0.462 e. The summed E-state index contributed by atoms with van der Waals surface area (Å²) in [6, 6.07) is 6.00. The molecule has 4 rings (SSSR count). The molecule has 0 aliphatic heterocycles. The van der Waals surface area contributed by atoms with Crippen LogP contribution >= 0.6 is 11.3 Å². The Morgan fingerprint density at radius 1 is 1.25 bits per heavy atom. The Hall–Kier alpha value is -2.21. The van der Waals surface area contributed by atoms with Gasteiger partial charge in [0.2, 0.25) is 0 Å². The molecule has 2 heterocycles. The van der Waals surface area contributed by atoms with E-state index >= 15 is 0 Å². The number of aryl methyl sites for hydroxylation is 2. The van der Waals surface area contributed by atoms with Crippen LogP contribution in [0.25, 0.3) is 16.0 Å². The number of hydrogen-bond donors (Lipinski definition) is 0. The second kappa shape index (κ2) is 6.02. The van der Waals surface area contributed by atoms with Gasteiger partial charge in [0, 0.05) is 4.88 Å². The highest BCUT2D eigenvalue weighted by molar-refractivity contribution is 7.15. The third kappa shape index (κ3) is 2.51. The van der Waals surface area contributed by atoms with E-state index in [9.17, 15) is 4.79 Å². The van der Waals surface area contributed by atoms with E-state index in [4.69, 9.17) is 4.74 Å². The molecule has 0 amide bonds. The van der Waals surface area contributed by atoms with Gasteiger partial charge in [-0.2, -0.15) is 0 Å². The standard InChI is InChI=1S/C18H19N3O2S/c1-3-23-18(22)16-12-6-4-5-7-15(12)24-17(16)21-19-13-9-8-11(2)10-14(13)20-21/h8-10H,3-7H2,1-2H3. The second-order valence-electron chi connectivity index (χ2n) is 6.09. The summed E-state index contributed by atoms with van der Waals surface area (Å²) in [6.45, 7) is 4.24. The Morgan fingerprint density at radius 2 is 2.04 bits per heavy atom. The molecule has 0 saturated carbocycles. The smallest absolute Gasteiger partial charge is 0.341 e. The Bertz CT molecular complexity index is 926. The van der Waals surface area contributed by atoms with Gasteiger partial charge in [0.05, 0.1) is 6.61 Å².